The number of rotatable bonds is 4. The van der Waals surface area contributed by atoms with Crippen molar-refractivity contribution in [2.45, 2.75) is 26.2 Å². The van der Waals surface area contributed by atoms with Crippen molar-refractivity contribution >= 4 is 16.7 Å². The summed E-state index contributed by atoms with van der Waals surface area (Å²) in [7, 11) is 0. The van der Waals surface area contributed by atoms with Gasteiger partial charge in [0.1, 0.15) is 5.82 Å². The molecule has 22 heavy (non-hydrogen) atoms. The molecule has 3 heteroatoms. The van der Waals surface area contributed by atoms with Gasteiger partial charge in [0.05, 0.1) is 5.52 Å². The highest BCUT2D eigenvalue weighted by atomic mass is 15.0. The summed E-state index contributed by atoms with van der Waals surface area (Å²) in [6.07, 6.45) is 3.74. The summed E-state index contributed by atoms with van der Waals surface area (Å²) in [5, 5.41) is 4.69. The van der Waals surface area contributed by atoms with E-state index in [0.717, 1.165) is 17.9 Å². The lowest BCUT2D eigenvalue weighted by Gasteiger charge is -2.25. The van der Waals surface area contributed by atoms with E-state index in [0.29, 0.717) is 0 Å². The predicted octanol–water partition coefficient (Wildman–Crippen LogP) is 4.33. The second-order valence-corrected chi connectivity index (χ2v) is 6.32. The molecule has 0 bridgehead atoms. The quantitative estimate of drug-likeness (QED) is 0.777. The lowest BCUT2D eigenvalue weighted by Crippen LogP contribution is -2.28. The van der Waals surface area contributed by atoms with Gasteiger partial charge in [-0.2, -0.15) is 0 Å². The van der Waals surface area contributed by atoms with Gasteiger partial charge in [0.2, 0.25) is 0 Å². The first-order chi connectivity index (χ1) is 10.6. The van der Waals surface area contributed by atoms with Crippen molar-refractivity contribution in [2.75, 3.05) is 11.9 Å². The molecular formula is C19H21N3. The second-order valence-electron chi connectivity index (χ2n) is 6.32. The molecule has 112 valence electrons. The van der Waals surface area contributed by atoms with E-state index in [1.165, 1.54) is 16.5 Å². The third-order valence-corrected chi connectivity index (χ3v) is 4.08. The summed E-state index contributed by atoms with van der Waals surface area (Å²) >= 11 is 0. The molecule has 0 atom stereocenters. The largest absolute Gasteiger partial charge is 0.369 e. The number of anilines is 1. The molecule has 0 saturated carbocycles. The zero-order valence-corrected chi connectivity index (χ0v) is 13.3. The predicted molar refractivity (Wildman–Crippen MR) is 92.2 cm³/mol. The topological polar surface area (TPSA) is 37.8 Å². The Labute approximate surface area is 131 Å². The Morgan fingerprint density at radius 2 is 1.91 bits per heavy atom. The molecule has 0 aliphatic carbocycles. The van der Waals surface area contributed by atoms with Crippen LogP contribution in [0.4, 0.5) is 5.82 Å². The minimum absolute atomic E-state index is 0.00447. The van der Waals surface area contributed by atoms with Crippen molar-refractivity contribution in [3.63, 3.8) is 0 Å². The van der Waals surface area contributed by atoms with Crippen molar-refractivity contribution in [2.24, 2.45) is 0 Å². The number of aromatic nitrogens is 2. The molecule has 0 spiro atoms. The molecule has 0 saturated heterocycles. The molecule has 2 aromatic heterocycles. The highest BCUT2D eigenvalue weighted by molar-refractivity contribution is 5.83. The number of pyridine rings is 2. The molecule has 0 unspecified atom stereocenters. The van der Waals surface area contributed by atoms with Crippen LogP contribution in [-0.4, -0.2) is 16.5 Å². The third-order valence-electron chi connectivity index (χ3n) is 4.08. The average Bonchev–Trinajstić information content (AvgIpc) is 2.54. The van der Waals surface area contributed by atoms with Crippen molar-refractivity contribution in [1.29, 1.82) is 0 Å². The fourth-order valence-corrected chi connectivity index (χ4v) is 2.62. The van der Waals surface area contributed by atoms with Gasteiger partial charge in [-0.05, 0) is 36.2 Å². The first-order valence-electron chi connectivity index (χ1n) is 7.57. The Kier molecular flexibility index (Phi) is 3.80. The standard InChI is InChI=1S/C19H21N3/c1-14-11-18(22-17-9-5-4-8-16(14)17)21-13-19(2,3)15-7-6-10-20-12-15/h4-12H,13H2,1-3H3,(H,21,22). The molecular weight excluding hydrogens is 270 g/mol. The molecule has 3 rings (SSSR count). The Hall–Kier alpha value is -2.42. The highest BCUT2D eigenvalue weighted by Gasteiger charge is 2.20. The van der Waals surface area contributed by atoms with Crippen molar-refractivity contribution in [3.8, 4) is 0 Å². The molecule has 3 nitrogen and oxygen atoms in total. The van der Waals surface area contributed by atoms with Gasteiger partial charge in [0.25, 0.3) is 0 Å². The highest BCUT2D eigenvalue weighted by Crippen LogP contribution is 2.24. The van der Waals surface area contributed by atoms with E-state index in [4.69, 9.17) is 4.98 Å². The third kappa shape index (κ3) is 2.93. The summed E-state index contributed by atoms with van der Waals surface area (Å²) in [6, 6.07) is 14.5. The van der Waals surface area contributed by atoms with E-state index in [1.54, 1.807) is 6.20 Å². The van der Waals surface area contributed by atoms with Crippen LogP contribution < -0.4 is 5.32 Å². The number of benzene rings is 1. The Morgan fingerprint density at radius 1 is 1.09 bits per heavy atom. The Bertz CT molecular complexity index is 779. The first-order valence-corrected chi connectivity index (χ1v) is 7.57. The fourth-order valence-electron chi connectivity index (χ4n) is 2.62. The van der Waals surface area contributed by atoms with Crippen LogP contribution in [0.3, 0.4) is 0 Å². The van der Waals surface area contributed by atoms with E-state index in [9.17, 15) is 0 Å². The van der Waals surface area contributed by atoms with Crippen LogP contribution in [0.1, 0.15) is 25.0 Å². The van der Waals surface area contributed by atoms with Crippen LogP contribution in [0.2, 0.25) is 0 Å². The number of nitrogens with one attached hydrogen (secondary N) is 1. The van der Waals surface area contributed by atoms with E-state index >= 15 is 0 Å². The maximum atomic E-state index is 4.71. The molecule has 3 aromatic rings. The van der Waals surface area contributed by atoms with E-state index in [2.05, 4.69) is 61.4 Å². The molecule has 0 aliphatic rings. The minimum atomic E-state index is -0.00447. The van der Waals surface area contributed by atoms with Gasteiger partial charge in [-0.15, -0.1) is 0 Å². The summed E-state index contributed by atoms with van der Waals surface area (Å²) < 4.78 is 0. The van der Waals surface area contributed by atoms with Crippen molar-refractivity contribution in [1.82, 2.24) is 9.97 Å². The van der Waals surface area contributed by atoms with Gasteiger partial charge >= 0.3 is 0 Å². The lowest BCUT2D eigenvalue weighted by atomic mass is 9.86. The molecule has 0 fully saturated rings. The number of hydrogen-bond acceptors (Lipinski definition) is 3. The number of nitrogens with zero attached hydrogens (tertiary/aromatic N) is 2. The summed E-state index contributed by atoms with van der Waals surface area (Å²) in [6.45, 7) is 7.36. The van der Waals surface area contributed by atoms with Gasteiger partial charge in [0.15, 0.2) is 0 Å². The maximum Gasteiger partial charge on any atom is 0.126 e. The van der Waals surface area contributed by atoms with Crippen LogP contribution >= 0.6 is 0 Å². The van der Waals surface area contributed by atoms with Gasteiger partial charge in [-0.25, -0.2) is 4.98 Å². The van der Waals surface area contributed by atoms with E-state index < -0.39 is 0 Å². The van der Waals surface area contributed by atoms with Crippen molar-refractivity contribution < 1.29 is 0 Å². The van der Waals surface area contributed by atoms with Gasteiger partial charge in [0, 0.05) is 29.7 Å². The summed E-state index contributed by atoms with van der Waals surface area (Å²) in [5.74, 6) is 0.924. The summed E-state index contributed by atoms with van der Waals surface area (Å²) in [5.41, 5.74) is 3.49. The van der Waals surface area contributed by atoms with Gasteiger partial charge in [-0.3, -0.25) is 4.98 Å². The monoisotopic (exact) mass is 291 g/mol. The van der Waals surface area contributed by atoms with Gasteiger partial charge in [-0.1, -0.05) is 38.1 Å². The van der Waals surface area contributed by atoms with Crippen LogP contribution in [0.25, 0.3) is 10.9 Å². The smallest absolute Gasteiger partial charge is 0.126 e. The maximum absolute atomic E-state index is 4.71. The molecule has 0 amide bonds. The second kappa shape index (κ2) is 5.76. The van der Waals surface area contributed by atoms with Gasteiger partial charge < -0.3 is 5.32 Å². The first kappa shape index (κ1) is 14.5. The Balaban J connectivity index is 1.82. The minimum Gasteiger partial charge on any atom is -0.369 e. The SMILES string of the molecule is Cc1cc(NCC(C)(C)c2cccnc2)nc2ccccc12. The molecule has 1 N–H and O–H groups in total. The molecule has 2 heterocycles. The Morgan fingerprint density at radius 3 is 2.68 bits per heavy atom. The summed E-state index contributed by atoms with van der Waals surface area (Å²) in [4.78, 5) is 8.92. The normalized spacial score (nSPS) is 11.6. The number of aryl methyl sites for hydroxylation is 1. The molecule has 0 aliphatic heterocycles. The van der Waals surface area contributed by atoms with Crippen LogP contribution in [0.15, 0.2) is 54.9 Å². The van der Waals surface area contributed by atoms with Crippen LogP contribution in [-0.2, 0) is 5.41 Å². The molecule has 0 radical (unpaired) electrons. The number of hydrogen-bond donors (Lipinski definition) is 1. The number of fused-ring (bicyclic) bond motifs is 1. The van der Waals surface area contributed by atoms with E-state index in [1.807, 2.05) is 18.3 Å². The fraction of sp³-hybridized carbons (Fsp3) is 0.263. The zero-order valence-electron chi connectivity index (χ0n) is 13.3. The average molecular weight is 291 g/mol. The van der Waals surface area contributed by atoms with Crippen LogP contribution in [0, 0.1) is 6.92 Å². The van der Waals surface area contributed by atoms with Crippen LogP contribution in [0.5, 0.6) is 0 Å². The number of para-hydroxylation sites is 1. The van der Waals surface area contributed by atoms with E-state index in [-0.39, 0.29) is 5.41 Å². The lowest BCUT2D eigenvalue weighted by molar-refractivity contribution is 0.554. The van der Waals surface area contributed by atoms with Crippen molar-refractivity contribution in [3.05, 3.63) is 66.0 Å². The zero-order chi connectivity index (χ0) is 15.6. The molecule has 1 aromatic carbocycles.